The molecule has 1 N–H and O–H groups in total. The van der Waals surface area contributed by atoms with E-state index < -0.39 is 5.97 Å². The molecule has 0 aliphatic heterocycles. The Morgan fingerprint density at radius 3 is 2.11 bits per heavy atom. The zero-order valence-electron chi connectivity index (χ0n) is 19.7. The molecular weight excluding hydrogens is 430 g/mol. The molecule has 3 nitrogen and oxygen atoms in total. The molecule has 5 aromatic rings. The molecule has 0 atom stereocenters. The minimum atomic E-state index is -0.897. The average molecular weight is 456 g/mol. The lowest BCUT2D eigenvalue weighted by Crippen LogP contribution is -2.17. The standard InChI is InChI=1S/C32H25NO2/c1-32(2)28-19-22(31(34)35)15-17-26(28)27-18-16-24(20-29(27)32)33(23-11-4-3-5-12-23)30-14-8-10-21-9-6-7-13-25(21)30/h3-20H,1-2H3,(H,34,35). The molecule has 0 spiro atoms. The fourth-order valence-corrected chi connectivity index (χ4v) is 5.41. The highest BCUT2D eigenvalue weighted by molar-refractivity contribution is 5.99. The summed E-state index contributed by atoms with van der Waals surface area (Å²) in [6, 6.07) is 37.4. The molecule has 1 aliphatic carbocycles. The Kier molecular flexibility index (Phi) is 4.75. The van der Waals surface area contributed by atoms with Crippen molar-refractivity contribution in [2.24, 2.45) is 0 Å². The highest BCUT2D eigenvalue weighted by atomic mass is 16.4. The molecule has 0 amide bonds. The molecule has 0 heterocycles. The van der Waals surface area contributed by atoms with E-state index in [9.17, 15) is 9.90 Å². The van der Waals surface area contributed by atoms with Gasteiger partial charge in [-0.15, -0.1) is 0 Å². The predicted molar refractivity (Wildman–Crippen MR) is 143 cm³/mol. The van der Waals surface area contributed by atoms with E-state index in [1.165, 1.54) is 16.3 Å². The molecule has 0 fully saturated rings. The Bertz CT molecular complexity index is 1600. The van der Waals surface area contributed by atoms with Crippen LogP contribution in [0.4, 0.5) is 17.1 Å². The van der Waals surface area contributed by atoms with E-state index in [1.54, 1.807) is 6.07 Å². The first-order valence-corrected chi connectivity index (χ1v) is 11.8. The number of carboxylic acid groups (broad SMARTS) is 1. The van der Waals surface area contributed by atoms with Crippen molar-refractivity contribution in [3.8, 4) is 11.1 Å². The molecule has 5 aromatic carbocycles. The summed E-state index contributed by atoms with van der Waals surface area (Å²) in [6.07, 6.45) is 0. The maximum Gasteiger partial charge on any atom is 0.335 e. The van der Waals surface area contributed by atoms with Gasteiger partial charge in [0.2, 0.25) is 0 Å². The third kappa shape index (κ3) is 3.31. The van der Waals surface area contributed by atoms with Gasteiger partial charge in [0.1, 0.15) is 0 Å². The van der Waals surface area contributed by atoms with Gasteiger partial charge < -0.3 is 10.0 Å². The number of hydrogen-bond acceptors (Lipinski definition) is 2. The largest absolute Gasteiger partial charge is 0.478 e. The van der Waals surface area contributed by atoms with Gasteiger partial charge in [0.15, 0.2) is 0 Å². The molecule has 6 rings (SSSR count). The van der Waals surface area contributed by atoms with Crippen LogP contribution in [0.5, 0.6) is 0 Å². The summed E-state index contributed by atoms with van der Waals surface area (Å²) in [4.78, 5) is 14.0. The van der Waals surface area contributed by atoms with E-state index in [0.717, 1.165) is 33.8 Å². The lowest BCUT2D eigenvalue weighted by atomic mass is 9.81. The fourth-order valence-electron chi connectivity index (χ4n) is 5.41. The Labute approximate surface area is 204 Å². The molecule has 1 aliphatic rings. The lowest BCUT2D eigenvalue weighted by Gasteiger charge is -2.29. The number of nitrogens with zero attached hydrogens (tertiary/aromatic N) is 1. The van der Waals surface area contributed by atoms with Crippen molar-refractivity contribution in [1.29, 1.82) is 0 Å². The Morgan fingerprint density at radius 2 is 1.34 bits per heavy atom. The van der Waals surface area contributed by atoms with Crippen molar-refractivity contribution < 1.29 is 9.90 Å². The molecule has 0 radical (unpaired) electrons. The van der Waals surface area contributed by atoms with Gasteiger partial charge >= 0.3 is 5.97 Å². The highest BCUT2D eigenvalue weighted by Crippen LogP contribution is 2.51. The van der Waals surface area contributed by atoms with E-state index in [4.69, 9.17) is 0 Å². The summed E-state index contributed by atoms with van der Waals surface area (Å²) in [5.41, 5.74) is 7.83. The fraction of sp³-hybridized carbons (Fsp3) is 0.0938. The van der Waals surface area contributed by atoms with Crippen molar-refractivity contribution in [2.75, 3.05) is 4.90 Å². The summed E-state index contributed by atoms with van der Waals surface area (Å²) >= 11 is 0. The van der Waals surface area contributed by atoms with Gasteiger partial charge in [0, 0.05) is 22.2 Å². The number of anilines is 3. The number of rotatable bonds is 4. The number of carboxylic acids is 1. The van der Waals surface area contributed by atoms with Crippen LogP contribution in [0.25, 0.3) is 21.9 Å². The summed E-state index contributed by atoms with van der Waals surface area (Å²) < 4.78 is 0. The summed E-state index contributed by atoms with van der Waals surface area (Å²) in [5.74, 6) is -0.897. The van der Waals surface area contributed by atoms with Crippen LogP contribution in [-0.2, 0) is 5.41 Å². The normalized spacial score (nSPS) is 13.3. The summed E-state index contributed by atoms with van der Waals surface area (Å²) in [7, 11) is 0. The number of aromatic carboxylic acids is 1. The molecular formula is C32H25NO2. The van der Waals surface area contributed by atoms with Crippen LogP contribution in [0.1, 0.15) is 35.3 Å². The molecule has 0 bridgehead atoms. The predicted octanol–water partition coefficient (Wildman–Crippen LogP) is 8.31. The van der Waals surface area contributed by atoms with Crippen LogP contribution in [0, 0.1) is 0 Å². The van der Waals surface area contributed by atoms with Crippen LogP contribution >= 0.6 is 0 Å². The number of hydrogen-bond donors (Lipinski definition) is 1. The third-order valence-corrected chi connectivity index (χ3v) is 7.19. The van der Waals surface area contributed by atoms with Crippen LogP contribution in [-0.4, -0.2) is 11.1 Å². The maximum atomic E-state index is 11.6. The van der Waals surface area contributed by atoms with Crippen molar-refractivity contribution >= 4 is 33.8 Å². The first-order chi connectivity index (χ1) is 16.9. The van der Waals surface area contributed by atoms with Crippen LogP contribution in [0.3, 0.4) is 0 Å². The smallest absolute Gasteiger partial charge is 0.335 e. The minimum Gasteiger partial charge on any atom is -0.478 e. The van der Waals surface area contributed by atoms with Gasteiger partial charge in [-0.25, -0.2) is 4.79 Å². The number of para-hydroxylation sites is 1. The van der Waals surface area contributed by atoms with Crippen molar-refractivity contribution in [2.45, 2.75) is 19.3 Å². The molecule has 0 saturated carbocycles. The third-order valence-electron chi connectivity index (χ3n) is 7.19. The zero-order valence-corrected chi connectivity index (χ0v) is 19.7. The molecule has 3 heteroatoms. The van der Waals surface area contributed by atoms with Gasteiger partial charge in [0.05, 0.1) is 11.3 Å². The minimum absolute atomic E-state index is 0.312. The number of fused-ring (bicyclic) bond motifs is 4. The Morgan fingerprint density at radius 1 is 0.686 bits per heavy atom. The second-order valence-corrected chi connectivity index (χ2v) is 9.59. The van der Waals surface area contributed by atoms with Crippen molar-refractivity contribution in [3.05, 3.63) is 126 Å². The van der Waals surface area contributed by atoms with Crippen LogP contribution < -0.4 is 4.90 Å². The SMILES string of the molecule is CC1(C)c2cc(C(=O)O)ccc2-c2ccc(N(c3ccccc3)c3cccc4ccccc34)cc21. The van der Waals surface area contributed by atoms with Gasteiger partial charge in [-0.1, -0.05) is 80.6 Å². The van der Waals surface area contributed by atoms with E-state index >= 15 is 0 Å². The zero-order chi connectivity index (χ0) is 24.2. The van der Waals surface area contributed by atoms with Crippen molar-refractivity contribution in [1.82, 2.24) is 0 Å². The van der Waals surface area contributed by atoms with Gasteiger partial charge in [-0.05, 0) is 70.1 Å². The summed E-state index contributed by atoms with van der Waals surface area (Å²) in [6.45, 7) is 4.36. The first-order valence-electron chi connectivity index (χ1n) is 11.8. The monoisotopic (exact) mass is 455 g/mol. The molecule has 170 valence electrons. The van der Waals surface area contributed by atoms with E-state index in [1.807, 2.05) is 18.2 Å². The Hall–Kier alpha value is -4.37. The van der Waals surface area contributed by atoms with Gasteiger partial charge in [0.25, 0.3) is 0 Å². The van der Waals surface area contributed by atoms with Crippen LogP contribution in [0.2, 0.25) is 0 Å². The van der Waals surface area contributed by atoms with E-state index in [2.05, 4.69) is 104 Å². The Balaban J connectivity index is 1.56. The summed E-state index contributed by atoms with van der Waals surface area (Å²) in [5, 5.41) is 11.9. The lowest BCUT2D eigenvalue weighted by molar-refractivity contribution is 0.0696. The number of benzene rings is 5. The topological polar surface area (TPSA) is 40.5 Å². The van der Waals surface area contributed by atoms with Gasteiger partial charge in [-0.2, -0.15) is 0 Å². The molecule has 0 aromatic heterocycles. The average Bonchev–Trinajstić information content (AvgIpc) is 3.11. The van der Waals surface area contributed by atoms with E-state index in [0.29, 0.717) is 5.56 Å². The maximum absolute atomic E-state index is 11.6. The second-order valence-electron chi connectivity index (χ2n) is 9.59. The quantitative estimate of drug-likeness (QED) is 0.296. The molecule has 0 unspecified atom stereocenters. The second kappa shape index (κ2) is 7.85. The molecule has 0 saturated heterocycles. The van der Waals surface area contributed by atoms with E-state index in [-0.39, 0.29) is 5.41 Å². The van der Waals surface area contributed by atoms with Gasteiger partial charge in [-0.3, -0.25) is 0 Å². The highest BCUT2D eigenvalue weighted by Gasteiger charge is 2.36. The first kappa shape index (κ1) is 21.2. The number of carbonyl (C=O) groups is 1. The van der Waals surface area contributed by atoms with Crippen LogP contribution in [0.15, 0.2) is 109 Å². The molecule has 35 heavy (non-hydrogen) atoms. The van der Waals surface area contributed by atoms with Crippen molar-refractivity contribution in [3.63, 3.8) is 0 Å².